The molecule has 0 atom stereocenters. The number of aryl methyl sites for hydroxylation is 1. The molecule has 132 valence electrons. The number of hydrogen-bond acceptors (Lipinski definition) is 2. The minimum atomic E-state index is -1.54. The molecule has 2 N–H and O–H groups in total. The molecule has 0 spiro atoms. The SMILES string of the molecule is Cc1cccc(NC(=O)C(C)(C)C(=O)Nc2c(F)cccc2F)c1C. The van der Waals surface area contributed by atoms with Crippen molar-refractivity contribution in [2.75, 3.05) is 10.6 Å². The number of benzene rings is 2. The van der Waals surface area contributed by atoms with Crippen LogP contribution in [-0.4, -0.2) is 11.8 Å². The molecule has 0 heterocycles. The average molecular weight is 346 g/mol. The molecule has 2 amide bonds. The molecule has 0 aliphatic carbocycles. The molecular weight excluding hydrogens is 326 g/mol. The van der Waals surface area contributed by atoms with E-state index in [0.717, 1.165) is 23.3 Å². The van der Waals surface area contributed by atoms with Gasteiger partial charge < -0.3 is 10.6 Å². The van der Waals surface area contributed by atoms with Gasteiger partial charge in [-0.05, 0) is 57.0 Å². The van der Waals surface area contributed by atoms with Gasteiger partial charge in [0.05, 0.1) is 0 Å². The van der Waals surface area contributed by atoms with E-state index in [1.165, 1.54) is 19.9 Å². The zero-order valence-electron chi connectivity index (χ0n) is 14.5. The summed E-state index contributed by atoms with van der Waals surface area (Å²) in [5.41, 5.74) is 0.356. The molecule has 0 aliphatic heterocycles. The summed E-state index contributed by atoms with van der Waals surface area (Å²) in [5, 5.41) is 4.86. The van der Waals surface area contributed by atoms with Crippen LogP contribution in [0.1, 0.15) is 25.0 Å². The molecular formula is C19H20F2N2O2. The number of amides is 2. The van der Waals surface area contributed by atoms with Crippen molar-refractivity contribution in [1.82, 2.24) is 0 Å². The van der Waals surface area contributed by atoms with E-state index in [0.29, 0.717) is 5.69 Å². The van der Waals surface area contributed by atoms with Crippen molar-refractivity contribution in [3.63, 3.8) is 0 Å². The molecule has 4 nitrogen and oxygen atoms in total. The largest absolute Gasteiger partial charge is 0.325 e. The Hall–Kier alpha value is -2.76. The number of nitrogens with one attached hydrogen (secondary N) is 2. The topological polar surface area (TPSA) is 58.2 Å². The van der Waals surface area contributed by atoms with Crippen molar-refractivity contribution < 1.29 is 18.4 Å². The van der Waals surface area contributed by atoms with Crippen LogP contribution < -0.4 is 10.6 Å². The van der Waals surface area contributed by atoms with Gasteiger partial charge in [0.1, 0.15) is 22.7 Å². The first-order valence-corrected chi connectivity index (χ1v) is 7.77. The van der Waals surface area contributed by atoms with Crippen LogP contribution in [0.2, 0.25) is 0 Å². The Morgan fingerprint density at radius 3 is 2.00 bits per heavy atom. The molecule has 0 unspecified atom stereocenters. The van der Waals surface area contributed by atoms with Crippen LogP contribution in [0.25, 0.3) is 0 Å². The standard InChI is InChI=1S/C19H20F2N2O2/c1-11-7-5-10-15(12(11)2)22-17(24)19(3,4)18(25)23-16-13(20)8-6-9-14(16)21/h5-10H,1-4H3,(H,22,24)(H,23,25). The normalized spacial score (nSPS) is 11.1. The fourth-order valence-corrected chi connectivity index (χ4v) is 2.16. The summed E-state index contributed by atoms with van der Waals surface area (Å²) in [6, 6.07) is 8.68. The molecule has 0 saturated carbocycles. The van der Waals surface area contributed by atoms with Crippen molar-refractivity contribution in [3.8, 4) is 0 Å². The Morgan fingerprint density at radius 1 is 0.880 bits per heavy atom. The number of carbonyl (C=O) groups excluding carboxylic acids is 2. The molecule has 2 aromatic carbocycles. The molecule has 0 aromatic heterocycles. The Bertz CT molecular complexity index is 812. The monoisotopic (exact) mass is 346 g/mol. The fraction of sp³-hybridized carbons (Fsp3) is 0.263. The van der Waals surface area contributed by atoms with Crippen LogP contribution in [0.4, 0.5) is 20.2 Å². The van der Waals surface area contributed by atoms with Crippen molar-refractivity contribution in [1.29, 1.82) is 0 Å². The summed E-state index contributed by atoms with van der Waals surface area (Å²) in [5.74, 6) is -3.19. The summed E-state index contributed by atoms with van der Waals surface area (Å²) in [6.45, 7) is 6.54. The summed E-state index contributed by atoms with van der Waals surface area (Å²) in [7, 11) is 0. The summed E-state index contributed by atoms with van der Waals surface area (Å²) < 4.78 is 27.4. The van der Waals surface area contributed by atoms with E-state index in [-0.39, 0.29) is 0 Å². The van der Waals surface area contributed by atoms with Gasteiger partial charge >= 0.3 is 0 Å². The predicted octanol–water partition coefficient (Wildman–Crippen LogP) is 4.19. The van der Waals surface area contributed by atoms with Crippen LogP contribution in [0, 0.1) is 30.9 Å². The first-order valence-electron chi connectivity index (χ1n) is 7.77. The third-order valence-corrected chi connectivity index (χ3v) is 4.19. The zero-order chi connectivity index (χ0) is 18.8. The minimum Gasteiger partial charge on any atom is -0.325 e. The van der Waals surface area contributed by atoms with Gasteiger partial charge in [-0.2, -0.15) is 0 Å². The van der Waals surface area contributed by atoms with Crippen molar-refractivity contribution >= 4 is 23.2 Å². The lowest BCUT2D eigenvalue weighted by Crippen LogP contribution is -2.42. The third-order valence-electron chi connectivity index (χ3n) is 4.19. The van der Waals surface area contributed by atoms with Crippen LogP contribution in [0.5, 0.6) is 0 Å². The number of halogens is 2. The molecule has 2 rings (SSSR count). The quantitative estimate of drug-likeness (QED) is 0.816. The van der Waals surface area contributed by atoms with E-state index in [1.807, 2.05) is 19.9 Å². The van der Waals surface area contributed by atoms with E-state index in [9.17, 15) is 18.4 Å². The molecule has 25 heavy (non-hydrogen) atoms. The number of carbonyl (C=O) groups is 2. The van der Waals surface area contributed by atoms with Gasteiger partial charge in [0.2, 0.25) is 11.8 Å². The van der Waals surface area contributed by atoms with Crippen LogP contribution in [-0.2, 0) is 9.59 Å². The maximum atomic E-state index is 13.7. The van der Waals surface area contributed by atoms with Gasteiger partial charge in [-0.25, -0.2) is 8.78 Å². The molecule has 0 aliphatic rings. The lowest BCUT2D eigenvalue weighted by atomic mass is 9.90. The molecule has 0 radical (unpaired) electrons. The molecule has 6 heteroatoms. The van der Waals surface area contributed by atoms with E-state index < -0.39 is 34.6 Å². The highest BCUT2D eigenvalue weighted by Gasteiger charge is 2.37. The Kier molecular flexibility index (Phi) is 5.21. The van der Waals surface area contributed by atoms with Gasteiger partial charge in [-0.1, -0.05) is 18.2 Å². The highest BCUT2D eigenvalue weighted by molar-refractivity contribution is 6.14. The van der Waals surface area contributed by atoms with Gasteiger partial charge in [-0.15, -0.1) is 0 Å². The third kappa shape index (κ3) is 3.84. The van der Waals surface area contributed by atoms with Crippen molar-refractivity contribution in [3.05, 3.63) is 59.2 Å². The average Bonchev–Trinajstić information content (AvgIpc) is 2.55. The number of anilines is 2. The smallest absolute Gasteiger partial charge is 0.239 e. The number of hydrogen-bond donors (Lipinski definition) is 2. The van der Waals surface area contributed by atoms with E-state index in [4.69, 9.17) is 0 Å². The fourth-order valence-electron chi connectivity index (χ4n) is 2.16. The van der Waals surface area contributed by atoms with Crippen LogP contribution >= 0.6 is 0 Å². The summed E-state index contributed by atoms with van der Waals surface area (Å²) >= 11 is 0. The predicted molar refractivity (Wildman–Crippen MR) is 93.3 cm³/mol. The second-order valence-electron chi connectivity index (χ2n) is 6.38. The molecule has 2 aromatic rings. The van der Waals surface area contributed by atoms with Crippen molar-refractivity contribution in [2.45, 2.75) is 27.7 Å². The van der Waals surface area contributed by atoms with E-state index >= 15 is 0 Å². The molecule has 0 saturated heterocycles. The van der Waals surface area contributed by atoms with Gasteiger partial charge in [0.15, 0.2) is 0 Å². The van der Waals surface area contributed by atoms with Crippen LogP contribution in [0.15, 0.2) is 36.4 Å². The summed E-state index contributed by atoms with van der Waals surface area (Å²) in [6.07, 6.45) is 0. The maximum absolute atomic E-state index is 13.7. The molecule has 0 bridgehead atoms. The first kappa shape index (κ1) is 18.6. The van der Waals surface area contributed by atoms with E-state index in [1.54, 1.807) is 12.1 Å². The second-order valence-corrected chi connectivity index (χ2v) is 6.38. The molecule has 0 fully saturated rings. The van der Waals surface area contributed by atoms with Gasteiger partial charge in [-0.3, -0.25) is 9.59 Å². The Balaban J connectivity index is 2.20. The Morgan fingerprint density at radius 2 is 1.40 bits per heavy atom. The van der Waals surface area contributed by atoms with Gasteiger partial charge in [0, 0.05) is 5.69 Å². The van der Waals surface area contributed by atoms with Gasteiger partial charge in [0.25, 0.3) is 0 Å². The van der Waals surface area contributed by atoms with Crippen molar-refractivity contribution in [2.24, 2.45) is 5.41 Å². The van der Waals surface area contributed by atoms with E-state index in [2.05, 4.69) is 10.6 Å². The number of rotatable bonds is 4. The highest BCUT2D eigenvalue weighted by Crippen LogP contribution is 2.26. The second kappa shape index (κ2) is 7.01. The first-order chi connectivity index (χ1) is 11.6. The Labute approximate surface area is 145 Å². The lowest BCUT2D eigenvalue weighted by molar-refractivity contribution is -0.135. The highest BCUT2D eigenvalue weighted by atomic mass is 19.1. The minimum absolute atomic E-state index is 0.569. The summed E-state index contributed by atoms with van der Waals surface area (Å²) in [4.78, 5) is 25.0. The number of para-hydroxylation sites is 1. The maximum Gasteiger partial charge on any atom is 0.239 e. The lowest BCUT2D eigenvalue weighted by Gasteiger charge is -2.23. The van der Waals surface area contributed by atoms with Crippen LogP contribution in [0.3, 0.4) is 0 Å². The zero-order valence-corrected chi connectivity index (χ0v) is 14.5.